The summed E-state index contributed by atoms with van der Waals surface area (Å²) in [5.41, 5.74) is 6.13. The highest BCUT2D eigenvalue weighted by Gasteiger charge is 2.29. The summed E-state index contributed by atoms with van der Waals surface area (Å²) < 4.78 is 12.1. The third kappa shape index (κ3) is 4.43. The van der Waals surface area contributed by atoms with Crippen molar-refractivity contribution < 1.29 is 29.1 Å². The molecule has 7 nitrogen and oxygen atoms in total. The van der Waals surface area contributed by atoms with Crippen LogP contribution in [0.25, 0.3) is 0 Å². The maximum absolute atomic E-state index is 11.6. The standard InChI is InChI=1S/C19H25N2O5/c1-5-25-19(22)12-26-18-9-7-6-8-16(18)21(24-4)17-11-14(3)13(2)10-15(17)20-23/h6-7,9-11,20,23H,5,8,12H2,1-4H3/q+1/b21-16-. The highest BCUT2D eigenvalue weighted by atomic mass is 16.7. The molecule has 0 spiro atoms. The Balaban J connectivity index is 2.43. The Morgan fingerprint density at radius 1 is 1.31 bits per heavy atom. The van der Waals surface area contributed by atoms with E-state index in [-0.39, 0.29) is 6.61 Å². The second-order valence-electron chi connectivity index (χ2n) is 5.75. The number of nitrogens with one attached hydrogen (secondary N) is 1. The van der Waals surface area contributed by atoms with Crippen LogP contribution < -0.4 is 5.48 Å². The SMILES string of the molecule is CCOC(=O)COC1=CC=CC/C1=[N+](/OC)c1cc(C)c(C)cc1NO. The van der Waals surface area contributed by atoms with Crippen LogP contribution in [-0.2, 0) is 19.1 Å². The van der Waals surface area contributed by atoms with E-state index in [0.29, 0.717) is 35.9 Å². The first-order chi connectivity index (χ1) is 12.5. The number of anilines is 1. The van der Waals surface area contributed by atoms with Crippen LogP contribution in [0.1, 0.15) is 24.5 Å². The zero-order valence-corrected chi connectivity index (χ0v) is 15.5. The monoisotopic (exact) mass is 361 g/mol. The number of carbonyl (C=O) groups excluding carboxylic acids is 1. The molecule has 1 aliphatic rings. The zero-order chi connectivity index (χ0) is 19.1. The smallest absolute Gasteiger partial charge is 0.344 e. The molecular weight excluding hydrogens is 336 g/mol. The molecule has 1 aromatic rings. The third-order valence-corrected chi connectivity index (χ3v) is 4.01. The van der Waals surface area contributed by atoms with Crippen molar-refractivity contribution in [1.82, 2.24) is 0 Å². The number of allylic oxidation sites excluding steroid dienone is 4. The summed E-state index contributed by atoms with van der Waals surface area (Å²) in [5.74, 6) is 0.0692. The first-order valence-corrected chi connectivity index (χ1v) is 8.38. The Morgan fingerprint density at radius 3 is 2.69 bits per heavy atom. The second-order valence-corrected chi connectivity index (χ2v) is 5.75. The lowest BCUT2D eigenvalue weighted by molar-refractivity contribution is -0.720. The van der Waals surface area contributed by atoms with Gasteiger partial charge in [-0.05, 0) is 44.0 Å². The Hall–Kier alpha value is -2.80. The van der Waals surface area contributed by atoms with E-state index in [4.69, 9.17) is 14.3 Å². The number of rotatable bonds is 7. The van der Waals surface area contributed by atoms with Crippen LogP contribution in [0.3, 0.4) is 0 Å². The van der Waals surface area contributed by atoms with E-state index in [2.05, 4.69) is 5.48 Å². The van der Waals surface area contributed by atoms with E-state index < -0.39 is 5.97 Å². The highest BCUT2D eigenvalue weighted by Crippen LogP contribution is 2.30. The first-order valence-electron chi connectivity index (χ1n) is 8.38. The molecule has 26 heavy (non-hydrogen) atoms. The molecule has 0 saturated carbocycles. The molecule has 0 radical (unpaired) electrons. The Morgan fingerprint density at radius 2 is 2.04 bits per heavy atom. The quantitative estimate of drug-likeness (QED) is 0.441. The molecule has 0 atom stereocenters. The fourth-order valence-corrected chi connectivity index (χ4v) is 2.60. The third-order valence-electron chi connectivity index (χ3n) is 4.01. The van der Waals surface area contributed by atoms with E-state index in [0.717, 1.165) is 11.1 Å². The molecule has 0 fully saturated rings. The molecule has 0 heterocycles. The van der Waals surface area contributed by atoms with Crippen LogP contribution in [0.2, 0.25) is 0 Å². The van der Waals surface area contributed by atoms with Crippen molar-refractivity contribution in [2.24, 2.45) is 0 Å². The van der Waals surface area contributed by atoms with Gasteiger partial charge in [-0.3, -0.25) is 15.5 Å². The van der Waals surface area contributed by atoms with Crippen molar-refractivity contribution >= 4 is 23.1 Å². The minimum Gasteiger partial charge on any atom is -0.475 e. The van der Waals surface area contributed by atoms with Gasteiger partial charge in [0.25, 0.3) is 11.4 Å². The van der Waals surface area contributed by atoms with Gasteiger partial charge in [0.1, 0.15) is 12.8 Å². The molecule has 0 bridgehead atoms. The predicted molar refractivity (Wildman–Crippen MR) is 97.7 cm³/mol. The summed E-state index contributed by atoms with van der Waals surface area (Å²) in [4.78, 5) is 17.2. The summed E-state index contributed by atoms with van der Waals surface area (Å²) >= 11 is 0. The molecule has 1 aliphatic carbocycles. The summed E-state index contributed by atoms with van der Waals surface area (Å²) in [6, 6.07) is 3.74. The fraction of sp³-hybridized carbons (Fsp3) is 0.368. The number of carbonyl (C=O) groups is 1. The summed E-state index contributed by atoms with van der Waals surface area (Å²) in [5, 5.41) is 9.52. The average molecular weight is 361 g/mol. The average Bonchev–Trinajstić information content (AvgIpc) is 2.64. The zero-order valence-electron chi connectivity index (χ0n) is 15.5. The van der Waals surface area contributed by atoms with Gasteiger partial charge in [0.2, 0.25) is 0 Å². The van der Waals surface area contributed by atoms with Crippen LogP contribution >= 0.6 is 0 Å². The molecule has 0 aromatic heterocycles. The van der Waals surface area contributed by atoms with Crippen molar-refractivity contribution in [3.63, 3.8) is 0 Å². The summed E-state index contributed by atoms with van der Waals surface area (Å²) in [7, 11) is 1.53. The van der Waals surface area contributed by atoms with Gasteiger partial charge in [0.15, 0.2) is 12.4 Å². The molecule has 2 N–H and O–H groups in total. The maximum Gasteiger partial charge on any atom is 0.344 e. The number of nitrogens with zero attached hydrogens (tertiary/aromatic N) is 1. The minimum atomic E-state index is -0.435. The molecule has 0 unspecified atom stereocenters. The van der Waals surface area contributed by atoms with Crippen LogP contribution in [0, 0.1) is 13.8 Å². The first kappa shape index (κ1) is 19.5. The lowest BCUT2D eigenvalue weighted by Crippen LogP contribution is -2.24. The number of aryl methyl sites for hydroxylation is 2. The molecule has 0 saturated heterocycles. The molecule has 2 rings (SSSR count). The van der Waals surface area contributed by atoms with Gasteiger partial charge in [0, 0.05) is 10.8 Å². The molecule has 0 aliphatic heterocycles. The van der Waals surface area contributed by atoms with Gasteiger partial charge in [0.05, 0.1) is 13.0 Å². The van der Waals surface area contributed by atoms with Gasteiger partial charge >= 0.3 is 5.97 Å². The van der Waals surface area contributed by atoms with Gasteiger partial charge < -0.3 is 9.47 Å². The van der Waals surface area contributed by atoms with Crippen molar-refractivity contribution in [1.29, 1.82) is 0 Å². The van der Waals surface area contributed by atoms with Crippen LogP contribution in [0.15, 0.2) is 36.1 Å². The van der Waals surface area contributed by atoms with Crippen molar-refractivity contribution in [3.05, 3.63) is 47.2 Å². The van der Waals surface area contributed by atoms with E-state index in [1.54, 1.807) is 17.7 Å². The minimum absolute atomic E-state index is 0.188. The predicted octanol–water partition coefficient (Wildman–Crippen LogP) is 3.17. The second kappa shape index (κ2) is 9.05. The summed E-state index contributed by atoms with van der Waals surface area (Å²) in [6.45, 7) is 5.80. The number of ether oxygens (including phenoxy) is 2. The molecule has 140 valence electrons. The Labute approximate surface area is 153 Å². The van der Waals surface area contributed by atoms with Crippen molar-refractivity contribution in [2.45, 2.75) is 27.2 Å². The molecule has 7 heteroatoms. The van der Waals surface area contributed by atoms with E-state index in [1.807, 2.05) is 38.1 Å². The van der Waals surface area contributed by atoms with Gasteiger partial charge in [-0.2, -0.15) is 0 Å². The molecule has 1 aromatic carbocycles. The van der Waals surface area contributed by atoms with E-state index in [9.17, 15) is 10.0 Å². The van der Waals surface area contributed by atoms with Crippen LogP contribution in [-0.4, -0.2) is 42.0 Å². The molecular formula is C19H25N2O5+. The number of esters is 1. The summed E-state index contributed by atoms with van der Waals surface area (Å²) in [6.07, 6.45) is 6.10. The Bertz CT molecular complexity index is 765. The molecule has 0 amide bonds. The van der Waals surface area contributed by atoms with Crippen LogP contribution in [0.5, 0.6) is 0 Å². The van der Waals surface area contributed by atoms with Crippen molar-refractivity contribution in [2.75, 3.05) is 25.8 Å². The van der Waals surface area contributed by atoms with E-state index in [1.165, 1.54) is 7.11 Å². The maximum atomic E-state index is 11.6. The van der Waals surface area contributed by atoms with Crippen molar-refractivity contribution in [3.8, 4) is 0 Å². The Kier molecular flexibility index (Phi) is 6.80. The number of hydrogen-bond acceptors (Lipinski definition) is 6. The fourth-order valence-electron chi connectivity index (χ4n) is 2.60. The largest absolute Gasteiger partial charge is 0.475 e. The van der Waals surface area contributed by atoms with E-state index >= 15 is 0 Å². The highest BCUT2D eigenvalue weighted by molar-refractivity contribution is 5.97. The van der Waals surface area contributed by atoms with Gasteiger partial charge in [-0.1, -0.05) is 12.2 Å². The normalized spacial score (nSPS) is 15.2. The number of benzene rings is 1. The van der Waals surface area contributed by atoms with Crippen LogP contribution in [0.4, 0.5) is 11.4 Å². The number of hydrogen-bond donors (Lipinski definition) is 2. The van der Waals surface area contributed by atoms with Gasteiger partial charge in [-0.15, -0.1) is 0 Å². The lowest BCUT2D eigenvalue weighted by atomic mass is 10.1. The topological polar surface area (TPSA) is 80.0 Å². The lowest BCUT2D eigenvalue weighted by Gasteiger charge is -2.14. The van der Waals surface area contributed by atoms with Gasteiger partial charge in [-0.25, -0.2) is 4.79 Å².